The molecule has 57 heavy (non-hydrogen) atoms. The van der Waals surface area contributed by atoms with Crippen LogP contribution in [-0.4, -0.2) is 84.9 Å². The third-order valence-corrected chi connectivity index (χ3v) is 15.1. The number of fused-ring (bicyclic) bond motifs is 1. The van der Waals surface area contributed by atoms with Crippen molar-refractivity contribution in [1.29, 1.82) is 0 Å². The molecule has 312 valence electrons. The fourth-order valence-corrected chi connectivity index (χ4v) is 11.2. The molecule has 0 unspecified atom stereocenters. The maximum atomic E-state index is 14.3. The summed E-state index contributed by atoms with van der Waals surface area (Å²) in [5, 5.41) is 16.9. The lowest BCUT2D eigenvalue weighted by Gasteiger charge is -2.32. The van der Waals surface area contributed by atoms with Gasteiger partial charge in [-0.3, -0.25) is 23.9 Å². The molecule has 2 aromatic rings. The van der Waals surface area contributed by atoms with Gasteiger partial charge in [0, 0.05) is 29.8 Å². The van der Waals surface area contributed by atoms with E-state index in [0.29, 0.717) is 51.5 Å². The summed E-state index contributed by atoms with van der Waals surface area (Å²) in [6.07, 6.45) is 12.6. The number of amides is 4. The Morgan fingerprint density at radius 3 is 2.47 bits per heavy atom. The van der Waals surface area contributed by atoms with Crippen LogP contribution in [0.3, 0.4) is 0 Å². The number of benzene rings is 1. The lowest BCUT2D eigenvalue weighted by atomic mass is 9.96. The average molecular weight is 811 g/mol. The molecule has 0 bridgehead atoms. The van der Waals surface area contributed by atoms with Gasteiger partial charge in [0.05, 0.1) is 10.6 Å². The van der Waals surface area contributed by atoms with E-state index < -0.39 is 50.8 Å². The van der Waals surface area contributed by atoms with Crippen molar-refractivity contribution in [3.8, 4) is 5.75 Å². The summed E-state index contributed by atoms with van der Waals surface area (Å²) < 4.78 is 35.2. The van der Waals surface area contributed by atoms with Gasteiger partial charge in [0.15, 0.2) is 5.75 Å². The van der Waals surface area contributed by atoms with Gasteiger partial charge in [0.1, 0.15) is 30.8 Å². The van der Waals surface area contributed by atoms with E-state index in [9.17, 15) is 32.7 Å². The number of pyridine rings is 1. The Labute approximate surface area is 335 Å². The van der Waals surface area contributed by atoms with E-state index >= 15 is 0 Å². The molecule has 4 amide bonds. The molecule has 1 saturated heterocycles. The van der Waals surface area contributed by atoms with E-state index in [4.69, 9.17) is 9.57 Å². The van der Waals surface area contributed by atoms with E-state index in [0.717, 1.165) is 87.2 Å². The van der Waals surface area contributed by atoms with Crippen LogP contribution in [0, 0.1) is 17.8 Å². The number of aromatic hydroxyl groups is 1. The summed E-state index contributed by atoms with van der Waals surface area (Å²) in [5.74, 6) is -1.33. The van der Waals surface area contributed by atoms with Crippen LogP contribution in [0.4, 0.5) is 4.79 Å². The van der Waals surface area contributed by atoms with Crippen molar-refractivity contribution in [2.75, 3.05) is 13.7 Å². The molecule has 15 heteroatoms. The van der Waals surface area contributed by atoms with E-state index in [1.165, 1.54) is 0 Å². The zero-order valence-electron chi connectivity index (χ0n) is 33.4. The minimum absolute atomic E-state index is 0.0785. The number of nitrogens with one attached hydrogen (secondary N) is 3. The first-order valence-corrected chi connectivity index (χ1v) is 22.9. The van der Waals surface area contributed by atoms with Crippen LogP contribution >= 0.6 is 0 Å². The second-order valence-electron chi connectivity index (χ2n) is 17.0. The van der Waals surface area contributed by atoms with Crippen molar-refractivity contribution in [3.63, 3.8) is 0 Å². The van der Waals surface area contributed by atoms with Gasteiger partial charge in [-0.2, -0.15) is 0 Å². The third-order valence-electron chi connectivity index (χ3n) is 13.3. The van der Waals surface area contributed by atoms with Crippen molar-refractivity contribution in [3.05, 3.63) is 36.0 Å². The molecule has 1 aromatic carbocycles. The van der Waals surface area contributed by atoms with Crippen molar-refractivity contribution in [1.82, 2.24) is 20.3 Å². The first-order valence-electron chi connectivity index (χ1n) is 21.3. The van der Waals surface area contributed by atoms with Crippen molar-refractivity contribution in [2.24, 2.45) is 17.8 Å². The number of rotatable bonds is 17. The molecule has 6 atom stereocenters. The molecule has 5 fully saturated rings. The van der Waals surface area contributed by atoms with E-state index in [1.54, 1.807) is 22.8 Å². The maximum absolute atomic E-state index is 14.3. The number of hydrogen-bond acceptors (Lipinski definition) is 9. The highest BCUT2D eigenvalue weighted by atomic mass is 32.2. The number of aromatic nitrogens is 1. The number of alkyl carbamates (subject to hydrolysis) is 1. The van der Waals surface area contributed by atoms with Crippen LogP contribution in [0.2, 0.25) is 0 Å². The molecular weight excluding hydrogens is 751 g/mol. The normalized spacial score (nSPS) is 26.6. The summed E-state index contributed by atoms with van der Waals surface area (Å²) in [4.78, 5) is 62.2. The van der Waals surface area contributed by atoms with Gasteiger partial charge in [-0.15, -0.1) is 0 Å². The van der Waals surface area contributed by atoms with Gasteiger partial charge < -0.3 is 25.4 Å². The van der Waals surface area contributed by atoms with Crippen LogP contribution in [0.25, 0.3) is 10.9 Å². The second-order valence-corrected chi connectivity index (χ2v) is 19.0. The van der Waals surface area contributed by atoms with Gasteiger partial charge in [-0.25, -0.2) is 13.2 Å². The topological polar surface area (TPSA) is 184 Å². The van der Waals surface area contributed by atoms with Gasteiger partial charge in [0.25, 0.3) is 17.1 Å². The van der Waals surface area contributed by atoms with E-state index in [2.05, 4.69) is 15.4 Å². The zero-order valence-corrected chi connectivity index (χ0v) is 34.2. The summed E-state index contributed by atoms with van der Waals surface area (Å²) in [6.45, 7) is 2.25. The minimum Gasteiger partial charge on any atom is -0.502 e. The molecule has 0 radical (unpaired) electrons. The number of unbranched alkanes of at least 4 members (excludes halogenated alkanes) is 2. The number of likely N-dealkylation sites (tertiary alicyclic amines) is 1. The summed E-state index contributed by atoms with van der Waals surface area (Å²) in [7, 11) is -2.19. The quantitative estimate of drug-likeness (QED) is 0.133. The van der Waals surface area contributed by atoms with Crippen LogP contribution < -0.4 is 24.9 Å². The highest BCUT2D eigenvalue weighted by Gasteiger charge is 2.62. The van der Waals surface area contributed by atoms with Crippen molar-refractivity contribution in [2.45, 2.75) is 151 Å². The Hall–Kier alpha value is -4.14. The molecule has 7 rings (SSSR count). The summed E-state index contributed by atoms with van der Waals surface area (Å²) in [5.41, 5.74) is 0.323. The highest BCUT2D eigenvalue weighted by Crippen LogP contribution is 2.47. The smallest absolute Gasteiger partial charge is 0.408 e. The van der Waals surface area contributed by atoms with Gasteiger partial charge in [-0.1, -0.05) is 51.2 Å². The SMILES string of the molecule is CC[C@@H]1C[C@]1(NC(=O)[C@@H]1CCCN1C(=O)[C@@H](NC(=O)O[C@H]1CCC[C@@H]1CCCCCc1c(O)cc2ccccc2[n+]1OC)C1CCCC1)C(=O)NS(=O)(=O)C1CC1. The first-order chi connectivity index (χ1) is 27.5. The van der Waals surface area contributed by atoms with Crippen LogP contribution in [0.1, 0.15) is 122 Å². The lowest BCUT2D eigenvalue weighted by Crippen LogP contribution is -2.59. The third kappa shape index (κ3) is 8.97. The van der Waals surface area contributed by atoms with Gasteiger partial charge >= 0.3 is 6.09 Å². The number of hydrogen-bond donors (Lipinski definition) is 4. The second kappa shape index (κ2) is 17.4. The predicted molar refractivity (Wildman–Crippen MR) is 211 cm³/mol. The number of nitrogens with zero attached hydrogens (tertiary/aromatic N) is 2. The van der Waals surface area contributed by atoms with E-state index in [1.807, 2.05) is 31.2 Å². The number of ether oxygens (including phenoxy) is 1. The summed E-state index contributed by atoms with van der Waals surface area (Å²) >= 11 is 0. The van der Waals surface area contributed by atoms with Crippen LogP contribution in [-0.2, 0) is 35.6 Å². The molecule has 0 spiro atoms. The standard InChI is InChI=1S/C42H59N5O9S/c1-3-30-26-42(30,40(51)45-57(53,54)31-22-23-31)44-38(49)34-20-12-24-46(34)39(50)37(28-14-7-8-15-28)43-41(52)56-36-21-11-17-27(36)13-5-4-6-19-33-35(48)25-29-16-9-10-18-32(29)47(33)55-2/h9-10,16,18,25,27-28,30-31,34,36-37H,3-8,11-15,17,19-24,26H2,1-2H3,(H3-,43,44,45,48,49,51,52)/p+1/t27-,30+,34-,36-,37-,42+/m0/s1. The molecule has 4 saturated carbocycles. The lowest BCUT2D eigenvalue weighted by molar-refractivity contribution is -0.870. The summed E-state index contributed by atoms with van der Waals surface area (Å²) in [6, 6.07) is 7.90. The fourth-order valence-electron chi connectivity index (χ4n) is 9.82. The van der Waals surface area contributed by atoms with Gasteiger partial charge in [0.2, 0.25) is 21.8 Å². The average Bonchev–Trinajstić information content (AvgIpc) is 3.95. The monoisotopic (exact) mass is 810 g/mol. The Morgan fingerprint density at radius 1 is 0.982 bits per heavy atom. The molecule has 1 aliphatic heterocycles. The highest BCUT2D eigenvalue weighted by molar-refractivity contribution is 7.91. The Morgan fingerprint density at radius 2 is 1.75 bits per heavy atom. The molecular formula is C42H60N5O9S+. The maximum Gasteiger partial charge on any atom is 0.408 e. The Bertz CT molecular complexity index is 1930. The first kappa shape index (κ1) is 41.0. The van der Waals surface area contributed by atoms with Crippen LogP contribution in [0.5, 0.6) is 5.75 Å². The Balaban J connectivity index is 0.926. The Kier molecular flexibility index (Phi) is 12.5. The zero-order chi connectivity index (χ0) is 40.3. The van der Waals surface area contributed by atoms with Crippen molar-refractivity contribution < 1.29 is 47.0 Å². The van der Waals surface area contributed by atoms with Crippen molar-refractivity contribution >= 4 is 44.7 Å². The van der Waals surface area contributed by atoms with Gasteiger partial charge in [-0.05, 0) is 101 Å². The molecule has 4 N–H and O–H groups in total. The van der Waals surface area contributed by atoms with Crippen LogP contribution in [0.15, 0.2) is 30.3 Å². The predicted octanol–water partition coefficient (Wildman–Crippen LogP) is 4.33. The largest absolute Gasteiger partial charge is 0.502 e. The molecule has 4 aliphatic carbocycles. The molecule has 2 heterocycles. The number of carbonyl (C=O) groups is 4. The molecule has 14 nitrogen and oxygen atoms in total. The minimum atomic E-state index is -3.79. The number of sulfonamides is 1. The number of para-hydroxylation sites is 1. The molecule has 5 aliphatic rings. The molecule has 1 aromatic heterocycles. The van der Waals surface area contributed by atoms with E-state index in [-0.39, 0.29) is 35.5 Å². The fraction of sp³-hybridized carbons (Fsp3) is 0.690. The number of carbonyl (C=O) groups excluding carboxylic acids is 4.